The van der Waals surface area contributed by atoms with Crippen molar-refractivity contribution < 1.29 is 14.3 Å². The van der Waals surface area contributed by atoms with Gasteiger partial charge in [-0.25, -0.2) is 0 Å². The van der Waals surface area contributed by atoms with E-state index in [4.69, 9.17) is 9.47 Å². The second kappa shape index (κ2) is 6.48. The minimum absolute atomic E-state index is 0.138. The van der Waals surface area contributed by atoms with Crippen LogP contribution in [-0.2, 0) is 0 Å². The summed E-state index contributed by atoms with van der Waals surface area (Å²) in [6, 6.07) is 10.3. The van der Waals surface area contributed by atoms with Crippen molar-refractivity contribution in [2.24, 2.45) is 0 Å². The summed E-state index contributed by atoms with van der Waals surface area (Å²) in [4.78, 5) is 16.6. The number of thiophene rings is 1. The maximum absolute atomic E-state index is 12.8. The van der Waals surface area contributed by atoms with Crippen molar-refractivity contribution in [1.29, 1.82) is 0 Å². The van der Waals surface area contributed by atoms with Crippen molar-refractivity contribution in [3.8, 4) is 21.9 Å². The zero-order valence-corrected chi connectivity index (χ0v) is 14.6. The normalized spacial score (nSPS) is 17.0. The van der Waals surface area contributed by atoms with Crippen molar-refractivity contribution >= 4 is 17.2 Å². The van der Waals surface area contributed by atoms with E-state index in [2.05, 4.69) is 0 Å². The monoisotopic (exact) mass is 343 g/mol. The van der Waals surface area contributed by atoms with Crippen molar-refractivity contribution in [3.05, 3.63) is 35.2 Å². The molecule has 0 N–H and O–H groups in total. The molecule has 0 radical (unpaired) electrons. The van der Waals surface area contributed by atoms with E-state index in [9.17, 15) is 4.79 Å². The summed E-state index contributed by atoms with van der Waals surface area (Å²) in [5.74, 6) is 1.69. The first-order valence-electron chi connectivity index (χ1n) is 8.49. The number of ether oxygens (including phenoxy) is 2. The lowest BCUT2D eigenvalue weighted by atomic mass is 9.94. The van der Waals surface area contributed by atoms with Gasteiger partial charge in [-0.2, -0.15) is 0 Å². The van der Waals surface area contributed by atoms with Crippen LogP contribution >= 0.6 is 11.3 Å². The lowest BCUT2D eigenvalue weighted by Gasteiger charge is -2.30. The third kappa shape index (κ3) is 2.88. The number of nitrogens with zero attached hydrogens (tertiary/aromatic N) is 1. The smallest absolute Gasteiger partial charge is 0.263 e. The second-order valence-electron chi connectivity index (χ2n) is 6.44. The van der Waals surface area contributed by atoms with E-state index in [0.29, 0.717) is 6.04 Å². The fourth-order valence-electron chi connectivity index (χ4n) is 3.47. The Morgan fingerprint density at radius 3 is 2.71 bits per heavy atom. The van der Waals surface area contributed by atoms with E-state index in [1.54, 1.807) is 11.3 Å². The van der Waals surface area contributed by atoms with E-state index in [-0.39, 0.29) is 12.7 Å². The van der Waals surface area contributed by atoms with Crippen molar-refractivity contribution in [2.45, 2.75) is 38.1 Å². The van der Waals surface area contributed by atoms with E-state index in [1.807, 2.05) is 42.3 Å². The first-order chi connectivity index (χ1) is 11.7. The van der Waals surface area contributed by atoms with Crippen molar-refractivity contribution in [1.82, 2.24) is 4.90 Å². The number of hydrogen-bond acceptors (Lipinski definition) is 4. The molecule has 2 aromatic rings. The van der Waals surface area contributed by atoms with Crippen LogP contribution in [0.3, 0.4) is 0 Å². The summed E-state index contributed by atoms with van der Waals surface area (Å²) in [5, 5.41) is 0. The van der Waals surface area contributed by atoms with Gasteiger partial charge in [0.1, 0.15) is 0 Å². The van der Waals surface area contributed by atoms with E-state index >= 15 is 0 Å². The van der Waals surface area contributed by atoms with E-state index < -0.39 is 0 Å². The molecule has 1 fully saturated rings. The van der Waals surface area contributed by atoms with Gasteiger partial charge >= 0.3 is 0 Å². The van der Waals surface area contributed by atoms with Gasteiger partial charge in [0.2, 0.25) is 6.79 Å². The number of benzene rings is 1. The average Bonchev–Trinajstić information content (AvgIpc) is 3.29. The van der Waals surface area contributed by atoms with Crippen LogP contribution in [0.5, 0.6) is 11.5 Å². The molecular formula is C19H21NO3S. The highest BCUT2D eigenvalue weighted by molar-refractivity contribution is 7.17. The fraction of sp³-hybridized carbons (Fsp3) is 0.421. The quantitative estimate of drug-likeness (QED) is 0.821. The molecule has 126 valence electrons. The average molecular weight is 343 g/mol. The summed E-state index contributed by atoms with van der Waals surface area (Å²) in [6.07, 6.45) is 6.02. The van der Waals surface area contributed by atoms with Crippen LogP contribution in [0.15, 0.2) is 30.3 Å². The zero-order valence-electron chi connectivity index (χ0n) is 13.8. The van der Waals surface area contributed by atoms with Crippen LogP contribution in [0, 0.1) is 0 Å². The Kier molecular flexibility index (Phi) is 4.19. The molecule has 2 heterocycles. The highest BCUT2D eigenvalue weighted by Crippen LogP contribution is 2.38. The van der Waals surface area contributed by atoms with Crippen LogP contribution in [-0.4, -0.2) is 30.7 Å². The maximum atomic E-state index is 12.8. The van der Waals surface area contributed by atoms with Crippen LogP contribution in [0.4, 0.5) is 0 Å². The molecule has 1 aliphatic carbocycles. The summed E-state index contributed by atoms with van der Waals surface area (Å²) < 4.78 is 10.8. The molecule has 4 rings (SSSR count). The minimum atomic E-state index is 0.138. The summed E-state index contributed by atoms with van der Waals surface area (Å²) in [7, 11) is 1.94. The number of rotatable bonds is 3. The molecule has 2 aliphatic rings. The van der Waals surface area contributed by atoms with Crippen LogP contribution in [0.1, 0.15) is 41.8 Å². The molecule has 1 saturated carbocycles. The number of amides is 1. The minimum Gasteiger partial charge on any atom is -0.454 e. The van der Waals surface area contributed by atoms with E-state index in [0.717, 1.165) is 39.7 Å². The molecule has 0 saturated heterocycles. The predicted octanol–water partition coefficient (Wildman–Crippen LogP) is 4.55. The van der Waals surface area contributed by atoms with Gasteiger partial charge in [0.15, 0.2) is 11.5 Å². The molecule has 1 aliphatic heterocycles. The van der Waals surface area contributed by atoms with Gasteiger partial charge in [-0.05, 0) is 48.7 Å². The van der Waals surface area contributed by atoms with Crippen LogP contribution in [0.2, 0.25) is 0 Å². The Bertz CT molecular complexity index is 749. The summed E-state index contributed by atoms with van der Waals surface area (Å²) in [6.45, 7) is 0.277. The topological polar surface area (TPSA) is 38.8 Å². The number of hydrogen-bond donors (Lipinski definition) is 0. The van der Waals surface area contributed by atoms with Gasteiger partial charge in [0.05, 0.1) is 4.88 Å². The van der Waals surface area contributed by atoms with E-state index in [1.165, 1.54) is 19.3 Å². The van der Waals surface area contributed by atoms with Crippen molar-refractivity contribution in [3.63, 3.8) is 0 Å². The Labute approximate surface area is 146 Å². The summed E-state index contributed by atoms with van der Waals surface area (Å²) >= 11 is 1.54. The molecular weight excluding hydrogens is 322 g/mol. The SMILES string of the molecule is CN(C(=O)c1ccc(-c2ccc3c(c2)OCO3)s1)C1CCCCC1. The molecule has 0 atom stereocenters. The van der Waals surface area contributed by atoms with Gasteiger partial charge in [-0.1, -0.05) is 19.3 Å². The third-order valence-electron chi connectivity index (χ3n) is 4.92. The lowest BCUT2D eigenvalue weighted by Crippen LogP contribution is -2.37. The molecule has 0 unspecified atom stereocenters. The molecule has 1 aromatic carbocycles. The fourth-order valence-corrected chi connectivity index (χ4v) is 4.45. The third-order valence-corrected chi connectivity index (χ3v) is 6.04. The van der Waals surface area contributed by atoms with Gasteiger partial charge in [0.25, 0.3) is 5.91 Å². The lowest BCUT2D eigenvalue weighted by molar-refractivity contribution is 0.0701. The number of carbonyl (C=O) groups excluding carboxylic acids is 1. The molecule has 1 aromatic heterocycles. The van der Waals surface area contributed by atoms with Gasteiger partial charge in [-0.15, -0.1) is 11.3 Å². The van der Waals surface area contributed by atoms with Gasteiger partial charge < -0.3 is 14.4 Å². The van der Waals surface area contributed by atoms with Crippen LogP contribution < -0.4 is 9.47 Å². The Morgan fingerprint density at radius 2 is 1.88 bits per heavy atom. The highest BCUT2D eigenvalue weighted by atomic mass is 32.1. The Balaban J connectivity index is 1.52. The predicted molar refractivity (Wildman–Crippen MR) is 94.8 cm³/mol. The molecule has 5 heteroatoms. The first kappa shape index (κ1) is 15.5. The number of carbonyl (C=O) groups is 1. The van der Waals surface area contributed by atoms with Gasteiger partial charge in [-0.3, -0.25) is 4.79 Å². The Morgan fingerprint density at radius 1 is 1.08 bits per heavy atom. The molecule has 0 spiro atoms. The highest BCUT2D eigenvalue weighted by Gasteiger charge is 2.24. The number of fused-ring (bicyclic) bond motifs is 1. The van der Waals surface area contributed by atoms with Crippen molar-refractivity contribution in [2.75, 3.05) is 13.8 Å². The maximum Gasteiger partial charge on any atom is 0.263 e. The molecule has 24 heavy (non-hydrogen) atoms. The molecule has 1 amide bonds. The standard InChI is InChI=1S/C19H21NO3S/c1-20(14-5-3-2-4-6-14)19(21)18-10-9-17(24-18)13-7-8-15-16(11-13)23-12-22-15/h7-11,14H,2-6,12H2,1H3. The first-order valence-corrected chi connectivity index (χ1v) is 9.31. The van der Waals surface area contributed by atoms with Crippen LogP contribution in [0.25, 0.3) is 10.4 Å². The Hall–Kier alpha value is -2.01. The second-order valence-corrected chi connectivity index (χ2v) is 7.52. The van der Waals surface area contributed by atoms with Gasteiger partial charge in [0, 0.05) is 18.0 Å². The largest absolute Gasteiger partial charge is 0.454 e. The molecule has 4 nitrogen and oxygen atoms in total. The zero-order chi connectivity index (χ0) is 16.5. The summed E-state index contributed by atoms with van der Waals surface area (Å²) in [5.41, 5.74) is 1.06. The molecule has 0 bridgehead atoms.